The summed E-state index contributed by atoms with van der Waals surface area (Å²) in [6, 6.07) is 0. The van der Waals surface area contributed by atoms with E-state index in [0.717, 1.165) is 11.2 Å². The smallest absolute Gasteiger partial charge is 0.109 e. The van der Waals surface area contributed by atoms with Gasteiger partial charge in [-0.2, -0.15) is 11.8 Å². The minimum absolute atomic E-state index is 0.916. The minimum Gasteiger partial charge on any atom is -0.332 e. The Morgan fingerprint density at radius 2 is 2.46 bits per heavy atom. The lowest BCUT2D eigenvalue weighted by molar-refractivity contribution is 0.389. The van der Waals surface area contributed by atoms with E-state index in [1.165, 1.54) is 36.7 Å². The van der Waals surface area contributed by atoms with Crippen LogP contribution in [0.2, 0.25) is 0 Å². The maximum Gasteiger partial charge on any atom is 0.109 e. The molecule has 0 saturated carbocycles. The van der Waals surface area contributed by atoms with Crippen molar-refractivity contribution in [3.8, 4) is 0 Å². The van der Waals surface area contributed by atoms with Crippen molar-refractivity contribution >= 4 is 11.8 Å². The van der Waals surface area contributed by atoms with Crippen LogP contribution in [0.3, 0.4) is 0 Å². The Morgan fingerprint density at radius 1 is 1.62 bits per heavy atom. The van der Waals surface area contributed by atoms with Crippen LogP contribution >= 0.6 is 11.8 Å². The predicted molar refractivity (Wildman–Crippen MR) is 55.0 cm³/mol. The number of imidazole rings is 1. The molecule has 0 aliphatic carbocycles. The molecule has 1 saturated heterocycles. The molecule has 0 radical (unpaired) electrons. The molecule has 0 spiro atoms. The fourth-order valence-corrected chi connectivity index (χ4v) is 3.14. The molecule has 0 amide bonds. The van der Waals surface area contributed by atoms with E-state index in [1.807, 2.05) is 6.20 Å². The Labute approximate surface area is 82.7 Å². The number of hydrogen-bond donors (Lipinski definition) is 0. The topological polar surface area (TPSA) is 17.8 Å². The van der Waals surface area contributed by atoms with Gasteiger partial charge >= 0.3 is 0 Å². The number of thioether (sulfide) groups is 1. The van der Waals surface area contributed by atoms with Crippen molar-refractivity contribution < 1.29 is 0 Å². The molecule has 3 heteroatoms. The number of aromatic nitrogens is 2. The zero-order chi connectivity index (χ0) is 8.84. The van der Waals surface area contributed by atoms with Gasteiger partial charge in [-0.05, 0) is 19.3 Å². The average Bonchev–Trinajstić information content (AvgIpc) is 2.93. The lowest BCUT2D eigenvalue weighted by atomic mass is 9.95. The highest BCUT2D eigenvalue weighted by atomic mass is 32.2. The van der Waals surface area contributed by atoms with Crippen LogP contribution in [0.1, 0.15) is 17.9 Å². The van der Waals surface area contributed by atoms with Gasteiger partial charge in [-0.25, -0.2) is 4.98 Å². The molecule has 2 aliphatic heterocycles. The lowest BCUT2D eigenvalue weighted by Crippen LogP contribution is -2.23. The quantitative estimate of drug-likeness (QED) is 0.635. The first-order valence-corrected chi connectivity index (χ1v) is 6.02. The van der Waals surface area contributed by atoms with Crippen LogP contribution in [0.15, 0.2) is 6.20 Å². The van der Waals surface area contributed by atoms with Crippen LogP contribution in [0.4, 0.5) is 0 Å². The highest BCUT2D eigenvalue weighted by molar-refractivity contribution is 8.06. The van der Waals surface area contributed by atoms with Crippen LogP contribution in [-0.4, -0.2) is 20.6 Å². The monoisotopic (exact) mass is 194 g/mol. The van der Waals surface area contributed by atoms with E-state index in [1.54, 1.807) is 0 Å². The summed E-state index contributed by atoms with van der Waals surface area (Å²) in [4.78, 5) is 4.47. The summed E-state index contributed by atoms with van der Waals surface area (Å²) in [5.41, 5.74) is 1.33. The summed E-state index contributed by atoms with van der Waals surface area (Å²) in [5, 5.41) is 0.964. The summed E-state index contributed by atoms with van der Waals surface area (Å²) in [5.74, 6) is 3.63. The molecule has 13 heavy (non-hydrogen) atoms. The van der Waals surface area contributed by atoms with E-state index in [9.17, 15) is 0 Å². The second-order valence-electron chi connectivity index (χ2n) is 4.09. The van der Waals surface area contributed by atoms with Crippen molar-refractivity contribution in [2.75, 3.05) is 5.75 Å². The Balaban J connectivity index is 1.86. The highest BCUT2D eigenvalue weighted by Gasteiger charge is 2.34. The molecular weight excluding hydrogens is 180 g/mol. The Kier molecular flexibility index (Phi) is 1.69. The fourth-order valence-electron chi connectivity index (χ4n) is 2.26. The van der Waals surface area contributed by atoms with Gasteiger partial charge in [0.15, 0.2) is 0 Å². The number of rotatable bonds is 1. The SMILES string of the molecule is Cc1cnc2n1CCC(C1CS1)C2. The van der Waals surface area contributed by atoms with Crippen LogP contribution in [0, 0.1) is 12.8 Å². The van der Waals surface area contributed by atoms with E-state index in [4.69, 9.17) is 0 Å². The van der Waals surface area contributed by atoms with Gasteiger partial charge in [-0.1, -0.05) is 0 Å². The van der Waals surface area contributed by atoms with Crippen molar-refractivity contribution in [3.05, 3.63) is 17.7 Å². The molecule has 2 unspecified atom stereocenters. The second-order valence-corrected chi connectivity index (χ2v) is 5.36. The van der Waals surface area contributed by atoms with Gasteiger partial charge in [-0.3, -0.25) is 0 Å². The third-order valence-corrected chi connectivity index (χ3v) is 4.29. The zero-order valence-electron chi connectivity index (χ0n) is 7.86. The van der Waals surface area contributed by atoms with E-state index in [0.29, 0.717) is 0 Å². The average molecular weight is 194 g/mol. The van der Waals surface area contributed by atoms with Crippen LogP contribution in [0.25, 0.3) is 0 Å². The van der Waals surface area contributed by atoms with Crippen molar-refractivity contribution in [1.29, 1.82) is 0 Å². The van der Waals surface area contributed by atoms with Crippen LogP contribution in [-0.2, 0) is 13.0 Å². The second kappa shape index (κ2) is 2.77. The number of nitrogens with zero attached hydrogens (tertiary/aromatic N) is 2. The molecule has 0 bridgehead atoms. The predicted octanol–water partition coefficient (Wildman–Crippen LogP) is 1.87. The summed E-state index contributed by atoms with van der Waals surface area (Å²) in [7, 11) is 0. The Bertz CT molecular complexity index is 328. The van der Waals surface area contributed by atoms with Gasteiger partial charge < -0.3 is 4.57 Å². The zero-order valence-corrected chi connectivity index (χ0v) is 8.68. The van der Waals surface area contributed by atoms with Crippen LogP contribution < -0.4 is 0 Å². The van der Waals surface area contributed by atoms with E-state index < -0.39 is 0 Å². The number of aryl methyl sites for hydroxylation is 1. The van der Waals surface area contributed by atoms with Crippen molar-refractivity contribution in [1.82, 2.24) is 9.55 Å². The van der Waals surface area contributed by atoms with Gasteiger partial charge in [0.2, 0.25) is 0 Å². The third kappa shape index (κ3) is 1.30. The number of hydrogen-bond acceptors (Lipinski definition) is 2. The van der Waals surface area contributed by atoms with Gasteiger partial charge in [0, 0.05) is 35.9 Å². The summed E-state index contributed by atoms with van der Waals surface area (Å²) in [6.45, 7) is 3.35. The maximum atomic E-state index is 4.47. The summed E-state index contributed by atoms with van der Waals surface area (Å²) < 4.78 is 2.38. The highest BCUT2D eigenvalue weighted by Crippen LogP contribution is 2.41. The van der Waals surface area contributed by atoms with E-state index in [-0.39, 0.29) is 0 Å². The van der Waals surface area contributed by atoms with Crippen molar-refractivity contribution in [3.63, 3.8) is 0 Å². The largest absolute Gasteiger partial charge is 0.332 e. The minimum atomic E-state index is 0.916. The van der Waals surface area contributed by atoms with Gasteiger partial charge in [0.25, 0.3) is 0 Å². The van der Waals surface area contributed by atoms with E-state index in [2.05, 4.69) is 28.2 Å². The van der Waals surface area contributed by atoms with Gasteiger partial charge in [-0.15, -0.1) is 0 Å². The molecule has 70 valence electrons. The van der Waals surface area contributed by atoms with Gasteiger partial charge in [0.05, 0.1) is 0 Å². The van der Waals surface area contributed by atoms with Crippen molar-refractivity contribution in [2.45, 2.75) is 31.6 Å². The summed E-state index contributed by atoms with van der Waals surface area (Å²) >= 11 is 2.12. The number of fused-ring (bicyclic) bond motifs is 1. The van der Waals surface area contributed by atoms with Gasteiger partial charge in [0.1, 0.15) is 5.82 Å². The Hall–Kier alpha value is -0.440. The maximum absolute atomic E-state index is 4.47. The molecule has 3 rings (SSSR count). The molecule has 1 fully saturated rings. The lowest BCUT2D eigenvalue weighted by Gasteiger charge is -2.23. The molecular formula is C10H14N2S. The molecule has 2 atom stereocenters. The first kappa shape index (κ1) is 7.92. The normalized spacial score (nSPS) is 31.5. The third-order valence-electron chi connectivity index (χ3n) is 3.19. The molecule has 1 aromatic rings. The molecule has 2 aliphatic rings. The van der Waals surface area contributed by atoms with E-state index >= 15 is 0 Å². The molecule has 3 heterocycles. The van der Waals surface area contributed by atoms with Crippen molar-refractivity contribution in [2.24, 2.45) is 5.92 Å². The molecule has 1 aromatic heterocycles. The first-order valence-electron chi connectivity index (χ1n) is 4.97. The molecule has 0 aromatic carbocycles. The first-order chi connectivity index (χ1) is 6.34. The Morgan fingerprint density at radius 3 is 3.23 bits per heavy atom. The molecule has 2 nitrogen and oxygen atoms in total. The summed E-state index contributed by atoms with van der Waals surface area (Å²) in [6.07, 6.45) is 4.59. The van der Waals surface area contributed by atoms with Crippen LogP contribution in [0.5, 0.6) is 0 Å². The fraction of sp³-hybridized carbons (Fsp3) is 0.700. The standard InChI is InChI=1S/C10H14N2S/c1-7-5-11-10-4-8(9-6-13-9)2-3-12(7)10/h5,8-9H,2-4,6H2,1H3. The molecule has 0 N–H and O–H groups in total.